The third-order valence-corrected chi connectivity index (χ3v) is 4.21. The molecular formula is C21H28N2O. The Morgan fingerprint density at radius 3 is 2.33 bits per heavy atom. The van der Waals surface area contributed by atoms with Crippen LogP contribution in [-0.4, -0.2) is 19.6 Å². The van der Waals surface area contributed by atoms with Gasteiger partial charge in [0.25, 0.3) is 0 Å². The number of urea groups is 1. The average molecular weight is 324 g/mol. The Balaban J connectivity index is 1.97. The number of nitrogens with zero attached hydrogens (tertiary/aromatic N) is 1. The van der Waals surface area contributed by atoms with Crippen LogP contribution in [0.25, 0.3) is 11.1 Å². The summed E-state index contributed by atoms with van der Waals surface area (Å²) in [7, 11) is 1.83. The number of amides is 2. The van der Waals surface area contributed by atoms with Crippen LogP contribution >= 0.6 is 0 Å². The van der Waals surface area contributed by atoms with Gasteiger partial charge >= 0.3 is 6.03 Å². The lowest BCUT2D eigenvalue weighted by Gasteiger charge is -2.21. The fraction of sp³-hybridized carbons (Fsp3) is 0.381. The number of para-hydroxylation sites is 1. The Morgan fingerprint density at radius 1 is 0.917 bits per heavy atom. The van der Waals surface area contributed by atoms with Crippen molar-refractivity contribution in [2.24, 2.45) is 0 Å². The predicted octanol–water partition coefficient (Wildman–Crippen LogP) is 5.47. The molecule has 2 rings (SSSR count). The van der Waals surface area contributed by atoms with Gasteiger partial charge in [-0.1, -0.05) is 81.1 Å². The van der Waals surface area contributed by atoms with Crippen LogP contribution in [0.15, 0.2) is 54.6 Å². The zero-order valence-corrected chi connectivity index (χ0v) is 14.8. The molecule has 0 unspecified atom stereocenters. The molecule has 0 saturated carbocycles. The largest absolute Gasteiger partial charge is 0.338 e. The molecule has 0 heterocycles. The van der Waals surface area contributed by atoms with Gasteiger partial charge in [-0.25, -0.2) is 4.79 Å². The zero-order chi connectivity index (χ0) is 17.2. The number of rotatable bonds is 8. The van der Waals surface area contributed by atoms with E-state index in [9.17, 15) is 4.79 Å². The van der Waals surface area contributed by atoms with E-state index < -0.39 is 0 Å². The molecule has 0 radical (unpaired) electrons. The highest BCUT2D eigenvalue weighted by Crippen LogP contribution is 2.29. The Kier molecular flexibility index (Phi) is 7.34. The molecule has 0 aliphatic rings. The summed E-state index contributed by atoms with van der Waals surface area (Å²) in [4.78, 5) is 14.1. The Bertz CT molecular complexity index is 625. The molecule has 3 nitrogen and oxygen atoms in total. The van der Waals surface area contributed by atoms with Crippen molar-refractivity contribution < 1.29 is 4.79 Å². The van der Waals surface area contributed by atoms with Gasteiger partial charge in [-0.05, 0) is 18.1 Å². The second-order valence-corrected chi connectivity index (χ2v) is 6.09. The normalized spacial score (nSPS) is 10.4. The van der Waals surface area contributed by atoms with Crippen LogP contribution in [0.2, 0.25) is 0 Å². The Hall–Kier alpha value is -2.29. The zero-order valence-electron chi connectivity index (χ0n) is 14.8. The van der Waals surface area contributed by atoms with Gasteiger partial charge in [-0.2, -0.15) is 0 Å². The lowest BCUT2D eigenvalue weighted by atomic mass is 10.0. The van der Waals surface area contributed by atoms with Crippen molar-refractivity contribution in [1.82, 2.24) is 5.32 Å². The van der Waals surface area contributed by atoms with E-state index in [4.69, 9.17) is 0 Å². The Labute approximate surface area is 145 Å². The summed E-state index contributed by atoms with van der Waals surface area (Å²) in [6, 6.07) is 18.1. The van der Waals surface area contributed by atoms with Crippen LogP contribution < -0.4 is 10.2 Å². The molecule has 2 aromatic rings. The molecule has 2 amide bonds. The summed E-state index contributed by atoms with van der Waals surface area (Å²) >= 11 is 0. The molecule has 2 aromatic carbocycles. The maximum Gasteiger partial charge on any atom is 0.321 e. The minimum Gasteiger partial charge on any atom is -0.338 e. The maximum absolute atomic E-state index is 12.4. The number of unbranched alkanes of at least 4 members (excludes halogenated alkanes) is 4. The van der Waals surface area contributed by atoms with E-state index in [-0.39, 0.29) is 6.03 Å². The summed E-state index contributed by atoms with van der Waals surface area (Å²) in [6.45, 7) is 2.95. The molecule has 0 bridgehead atoms. The first-order valence-electron chi connectivity index (χ1n) is 8.90. The smallest absolute Gasteiger partial charge is 0.321 e. The molecule has 0 aliphatic carbocycles. The van der Waals surface area contributed by atoms with Gasteiger partial charge in [0.1, 0.15) is 0 Å². The first-order chi connectivity index (χ1) is 11.7. The predicted molar refractivity (Wildman–Crippen MR) is 102 cm³/mol. The minimum atomic E-state index is -0.0473. The number of hydrogen-bond acceptors (Lipinski definition) is 1. The lowest BCUT2D eigenvalue weighted by Crippen LogP contribution is -2.38. The minimum absolute atomic E-state index is 0.0473. The van der Waals surface area contributed by atoms with Crippen molar-refractivity contribution in [3.63, 3.8) is 0 Å². The molecule has 0 saturated heterocycles. The number of carbonyl (C=O) groups is 1. The Morgan fingerprint density at radius 2 is 1.58 bits per heavy atom. The first-order valence-corrected chi connectivity index (χ1v) is 8.90. The first kappa shape index (κ1) is 18.1. The van der Waals surface area contributed by atoms with E-state index in [1.165, 1.54) is 25.7 Å². The molecule has 0 aliphatic heterocycles. The van der Waals surface area contributed by atoms with Gasteiger partial charge in [0, 0.05) is 19.2 Å². The van der Waals surface area contributed by atoms with Crippen molar-refractivity contribution in [3.8, 4) is 11.1 Å². The number of nitrogens with one attached hydrogen (secondary N) is 1. The number of benzene rings is 2. The third kappa shape index (κ3) is 5.12. The van der Waals surface area contributed by atoms with Gasteiger partial charge < -0.3 is 5.32 Å². The van der Waals surface area contributed by atoms with Crippen LogP contribution in [0.3, 0.4) is 0 Å². The SMILES string of the molecule is CCCCCCCNC(=O)N(C)c1ccccc1-c1ccccc1. The van der Waals surface area contributed by atoms with Gasteiger partial charge in [0.05, 0.1) is 5.69 Å². The summed E-state index contributed by atoms with van der Waals surface area (Å²) in [6.07, 6.45) is 5.99. The molecule has 1 N–H and O–H groups in total. The van der Waals surface area contributed by atoms with Crippen molar-refractivity contribution in [2.45, 2.75) is 39.0 Å². The fourth-order valence-corrected chi connectivity index (χ4v) is 2.78. The van der Waals surface area contributed by atoms with E-state index in [2.05, 4.69) is 30.4 Å². The molecule has 24 heavy (non-hydrogen) atoms. The standard InChI is InChI=1S/C21H28N2O/c1-3-4-5-6-12-17-22-21(24)23(2)20-16-11-10-15-19(20)18-13-8-7-9-14-18/h7-11,13-16H,3-6,12,17H2,1-2H3,(H,22,24). The molecule has 0 atom stereocenters. The van der Waals surface area contributed by atoms with Crippen LogP contribution in [0, 0.1) is 0 Å². The van der Waals surface area contributed by atoms with Crippen molar-refractivity contribution >= 4 is 11.7 Å². The highest BCUT2D eigenvalue weighted by atomic mass is 16.2. The topological polar surface area (TPSA) is 32.3 Å². The van der Waals surface area contributed by atoms with E-state index in [0.29, 0.717) is 0 Å². The summed E-state index contributed by atoms with van der Waals surface area (Å²) in [5.41, 5.74) is 3.11. The molecule has 0 fully saturated rings. The van der Waals surface area contributed by atoms with Crippen molar-refractivity contribution in [3.05, 3.63) is 54.6 Å². The second kappa shape index (κ2) is 9.76. The number of carbonyl (C=O) groups excluding carboxylic acids is 1. The van der Waals surface area contributed by atoms with Crippen LogP contribution in [0.1, 0.15) is 39.0 Å². The van der Waals surface area contributed by atoms with E-state index >= 15 is 0 Å². The molecular weight excluding hydrogens is 296 g/mol. The third-order valence-electron chi connectivity index (χ3n) is 4.21. The fourth-order valence-electron chi connectivity index (χ4n) is 2.78. The van der Waals surface area contributed by atoms with Gasteiger partial charge in [0.2, 0.25) is 0 Å². The highest BCUT2D eigenvalue weighted by molar-refractivity contribution is 5.96. The monoisotopic (exact) mass is 324 g/mol. The summed E-state index contributed by atoms with van der Waals surface area (Å²) in [5, 5.41) is 3.02. The van der Waals surface area contributed by atoms with Gasteiger partial charge in [-0.3, -0.25) is 4.90 Å². The van der Waals surface area contributed by atoms with Gasteiger partial charge in [-0.15, -0.1) is 0 Å². The molecule has 128 valence electrons. The quantitative estimate of drug-likeness (QED) is 0.642. The molecule has 0 aromatic heterocycles. The summed E-state index contributed by atoms with van der Waals surface area (Å²) < 4.78 is 0. The van der Waals surface area contributed by atoms with Gasteiger partial charge in [0.15, 0.2) is 0 Å². The van der Waals surface area contributed by atoms with Crippen LogP contribution in [-0.2, 0) is 0 Å². The molecule has 3 heteroatoms. The maximum atomic E-state index is 12.4. The summed E-state index contributed by atoms with van der Waals surface area (Å²) in [5.74, 6) is 0. The van der Waals surface area contributed by atoms with Crippen molar-refractivity contribution in [1.29, 1.82) is 0 Å². The van der Waals surface area contributed by atoms with Crippen LogP contribution in [0.4, 0.5) is 10.5 Å². The lowest BCUT2D eigenvalue weighted by molar-refractivity contribution is 0.247. The average Bonchev–Trinajstić information content (AvgIpc) is 2.64. The van der Waals surface area contributed by atoms with E-state index in [1.807, 2.05) is 43.4 Å². The second-order valence-electron chi connectivity index (χ2n) is 6.09. The molecule has 0 spiro atoms. The van der Waals surface area contributed by atoms with Crippen LogP contribution in [0.5, 0.6) is 0 Å². The highest BCUT2D eigenvalue weighted by Gasteiger charge is 2.14. The van der Waals surface area contributed by atoms with E-state index in [0.717, 1.165) is 29.8 Å². The van der Waals surface area contributed by atoms with E-state index in [1.54, 1.807) is 4.90 Å². The number of hydrogen-bond donors (Lipinski definition) is 1. The van der Waals surface area contributed by atoms with Crippen molar-refractivity contribution in [2.75, 3.05) is 18.5 Å². The number of anilines is 1.